The highest BCUT2D eigenvalue weighted by molar-refractivity contribution is 5.91. The highest BCUT2D eigenvalue weighted by Crippen LogP contribution is 2.26. The molecule has 6 nitrogen and oxygen atoms in total. The van der Waals surface area contributed by atoms with Gasteiger partial charge in [0.1, 0.15) is 11.3 Å². The lowest BCUT2D eigenvalue weighted by Gasteiger charge is -2.05. The SMILES string of the molecule is O=C(CCc1ncc(-c2ccccc2F)o1)Nc1ccc(-c2nc3ccccc3o2)cc1. The lowest BCUT2D eigenvalue weighted by Crippen LogP contribution is -2.12. The van der Waals surface area contributed by atoms with E-state index in [0.29, 0.717) is 35.2 Å². The van der Waals surface area contributed by atoms with Crippen LogP contribution < -0.4 is 5.32 Å². The third-order valence-electron chi connectivity index (χ3n) is 4.97. The molecule has 2 heterocycles. The molecule has 0 spiro atoms. The fraction of sp³-hybridized carbons (Fsp3) is 0.0800. The molecule has 5 rings (SSSR count). The summed E-state index contributed by atoms with van der Waals surface area (Å²) in [6.07, 6.45) is 1.96. The van der Waals surface area contributed by atoms with Crippen LogP contribution in [0.3, 0.4) is 0 Å². The Morgan fingerprint density at radius 2 is 1.72 bits per heavy atom. The van der Waals surface area contributed by atoms with Gasteiger partial charge in [-0.05, 0) is 48.5 Å². The molecule has 1 N–H and O–H groups in total. The summed E-state index contributed by atoms with van der Waals surface area (Å²) in [6, 6.07) is 21.2. The Hall–Kier alpha value is -4.26. The Morgan fingerprint density at radius 3 is 2.53 bits per heavy atom. The molecule has 0 unspecified atom stereocenters. The normalized spacial score (nSPS) is 11.0. The van der Waals surface area contributed by atoms with Gasteiger partial charge in [-0.3, -0.25) is 4.79 Å². The number of oxazole rings is 2. The number of halogens is 1. The van der Waals surface area contributed by atoms with Gasteiger partial charge in [0.15, 0.2) is 17.2 Å². The van der Waals surface area contributed by atoms with Gasteiger partial charge >= 0.3 is 0 Å². The van der Waals surface area contributed by atoms with E-state index < -0.39 is 0 Å². The van der Waals surface area contributed by atoms with E-state index in [9.17, 15) is 9.18 Å². The number of fused-ring (bicyclic) bond motifs is 1. The van der Waals surface area contributed by atoms with E-state index in [-0.39, 0.29) is 18.1 Å². The van der Waals surface area contributed by atoms with E-state index in [1.165, 1.54) is 12.3 Å². The van der Waals surface area contributed by atoms with E-state index in [1.807, 2.05) is 36.4 Å². The molecule has 158 valence electrons. The molecule has 0 fully saturated rings. The Bertz CT molecular complexity index is 1360. The van der Waals surface area contributed by atoms with Crippen LogP contribution in [0.5, 0.6) is 0 Å². The van der Waals surface area contributed by atoms with E-state index in [1.54, 1.807) is 30.3 Å². The summed E-state index contributed by atoms with van der Waals surface area (Å²) in [5.41, 5.74) is 3.35. The van der Waals surface area contributed by atoms with Crippen LogP contribution in [0.1, 0.15) is 12.3 Å². The molecule has 0 aliphatic rings. The number of hydrogen-bond donors (Lipinski definition) is 1. The Labute approximate surface area is 182 Å². The zero-order valence-electron chi connectivity index (χ0n) is 16.9. The van der Waals surface area contributed by atoms with Gasteiger partial charge in [-0.15, -0.1) is 0 Å². The number of amides is 1. The van der Waals surface area contributed by atoms with Gasteiger partial charge in [-0.2, -0.15) is 0 Å². The summed E-state index contributed by atoms with van der Waals surface area (Å²) in [7, 11) is 0. The van der Waals surface area contributed by atoms with Crippen molar-refractivity contribution >= 4 is 22.7 Å². The molecule has 5 aromatic rings. The molecule has 0 radical (unpaired) electrons. The van der Waals surface area contributed by atoms with Gasteiger partial charge in [-0.1, -0.05) is 24.3 Å². The van der Waals surface area contributed by atoms with Crippen molar-refractivity contribution in [2.75, 3.05) is 5.32 Å². The second kappa shape index (κ2) is 8.47. The Kier molecular flexibility index (Phi) is 5.21. The number of aromatic nitrogens is 2. The van der Waals surface area contributed by atoms with Gasteiger partial charge < -0.3 is 14.2 Å². The van der Waals surface area contributed by atoms with E-state index in [0.717, 1.165) is 16.7 Å². The summed E-state index contributed by atoms with van der Waals surface area (Å²) < 4.78 is 25.2. The molecule has 0 bridgehead atoms. The molecule has 3 aromatic carbocycles. The van der Waals surface area contributed by atoms with Crippen molar-refractivity contribution < 1.29 is 18.0 Å². The first-order valence-electron chi connectivity index (χ1n) is 10.1. The number of rotatable bonds is 6. The van der Waals surface area contributed by atoms with E-state index in [4.69, 9.17) is 8.83 Å². The predicted molar refractivity (Wildman–Crippen MR) is 118 cm³/mol. The van der Waals surface area contributed by atoms with Gasteiger partial charge in [0, 0.05) is 24.1 Å². The minimum absolute atomic E-state index is 0.176. The number of aryl methyl sites for hydroxylation is 1. The van der Waals surface area contributed by atoms with Gasteiger partial charge in [0.25, 0.3) is 0 Å². The summed E-state index contributed by atoms with van der Waals surface area (Å²) in [6.45, 7) is 0. The van der Waals surface area contributed by atoms with Crippen molar-refractivity contribution in [2.24, 2.45) is 0 Å². The lowest BCUT2D eigenvalue weighted by molar-refractivity contribution is -0.116. The van der Waals surface area contributed by atoms with Crippen molar-refractivity contribution in [3.63, 3.8) is 0 Å². The fourth-order valence-corrected chi connectivity index (χ4v) is 3.35. The van der Waals surface area contributed by atoms with Crippen LogP contribution in [-0.4, -0.2) is 15.9 Å². The molecular formula is C25H18FN3O3. The summed E-state index contributed by atoms with van der Waals surface area (Å²) >= 11 is 0. The van der Waals surface area contributed by atoms with Crippen molar-refractivity contribution in [1.29, 1.82) is 0 Å². The van der Waals surface area contributed by atoms with Crippen molar-refractivity contribution in [1.82, 2.24) is 9.97 Å². The largest absolute Gasteiger partial charge is 0.441 e. The molecule has 0 atom stereocenters. The average Bonchev–Trinajstić information content (AvgIpc) is 3.46. The Balaban J connectivity index is 1.19. The van der Waals surface area contributed by atoms with Crippen molar-refractivity contribution in [3.05, 3.63) is 90.7 Å². The maximum absolute atomic E-state index is 13.9. The number of benzene rings is 3. The molecule has 32 heavy (non-hydrogen) atoms. The summed E-state index contributed by atoms with van der Waals surface area (Å²) in [5.74, 6) is 0.691. The zero-order chi connectivity index (χ0) is 21.9. The molecule has 0 saturated heterocycles. The van der Waals surface area contributed by atoms with Crippen LogP contribution in [0.2, 0.25) is 0 Å². The smallest absolute Gasteiger partial charge is 0.227 e. The minimum Gasteiger partial charge on any atom is -0.441 e. The fourth-order valence-electron chi connectivity index (χ4n) is 3.35. The third kappa shape index (κ3) is 4.13. The first-order valence-corrected chi connectivity index (χ1v) is 10.1. The number of carbonyl (C=O) groups excluding carboxylic acids is 1. The molecule has 0 aliphatic heterocycles. The number of carbonyl (C=O) groups is 1. The van der Waals surface area contributed by atoms with Crippen LogP contribution >= 0.6 is 0 Å². The lowest BCUT2D eigenvalue weighted by atomic mass is 10.2. The molecule has 0 saturated carbocycles. The summed E-state index contributed by atoms with van der Waals surface area (Å²) in [4.78, 5) is 20.9. The van der Waals surface area contributed by atoms with E-state index in [2.05, 4.69) is 15.3 Å². The number of hydrogen-bond acceptors (Lipinski definition) is 5. The van der Waals surface area contributed by atoms with Crippen LogP contribution in [0, 0.1) is 5.82 Å². The monoisotopic (exact) mass is 427 g/mol. The zero-order valence-corrected chi connectivity index (χ0v) is 16.9. The maximum Gasteiger partial charge on any atom is 0.227 e. The molecule has 1 amide bonds. The standard InChI is InChI=1S/C25H18FN3O3/c26-19-6-2-1-5-18(19)22-15-27-24(31-22)14-13-23(30)28-17-11-9-16(10-12-17)25-29-20-7-3-4-8-21(20)32-25/h1-12,15H,13-14H2,(H,28,30). The summed E-state index contributed by atoms with van der Waals surface area (Å²) in [5, 5.41) is 2.85. The topological polar surface area (TPSA) is 81.2 Å². The first-order chi connectivity index (χ1) is 15.7. The maximum atomic E-state index is 13.9. The van der Waals surface area contributed by atoms with Gasteiger partial charge in [0.05, 0.1) is 11.8 Å². The van der Waals surface area contributed by atoms with Crippen molar-refractivity contribution in [2.45, 2.75) is 12.8 Å². The number of nitrogens with zero attached hydrogens (tertiary/aromatic N) is 2. The van der Waals surface area contributed by atoms with Crippen LogP contribution in [0.25, 0.3) is 33.9 Å². The molecule has 0 aliphatic carbocycles. The van der Waals surface area contributed by atoms with E-state index >= 15 is 0 Å². The molecular weight excluding hydrogens is 409 g/mol. The Morgan fingerprint density at radius 1 is 0.938 bits per heavy atom. The molecule has 7 heteroatoms. The average molecular weight is 427 g/mol. The number of anilines is 1. The second-order valence-electron chi connectivity index (χ2n) is 7.21. The minimum atomic E-state index is -0.380. The first kappa shape index (κ1) is 19.7. The van der Waals surface area contributed by atoms with Crippen LogP contribution in [0.15, 0.2) is 87.8 Å². The second-order valence-corrected chi connectivity index (χ2v) is 7.21. The number of para-hydroxylation sites is 2. The van der Waals surface area contributed by atoms with Crippen LogP contribution in [-0.2, 0) is 11.2 Å². The van der Waals surface area contributed by atoms with Gasteiger partial charge in [0.2, 0.25) is 11.8 Å². The molecule has 2 aromatic heterocycles. The predicted octanol–water partition coefficient (Wildman–Crippen LogP) is 5.86. The third-order valence-corrected chi connectivity index (χ3v) is 4.97. The highest BCUT2D eigenvalue weighted by atomic mass is 19.1. The van der Waals surface area contributed by atoms with Crippen LogP contribution in [0.4, 0.5) is 10.1 Å². The van der Waals surface area contributed by atoms with Gasteiger partial charge in [-0.25, -0.2) is 14.4 Å². The highest BCUT2D eigenvalue weighted by Gasteiger charge is 2.12. The quantitative estimate of drug-likeness (QED) is 0.367. The number of nitrogens with one attached hydrogen (secondary N) is 1. The van der Waals surface area contributed by atoms with Crippen molar-refractivity contribution in [3.8, 4) is 22.8 Å².